The third kappa shape index (κ3) is 4.20. The second-order valence-electron chi connectivity index (χ2n) is 2.80. The molecule has 0 radical (unpaired) electrons. The highest BCUT2D eigenvalue weighted by molar-refractivity contribution is 7.89. The molecule has 0 saturated heterocycles. The molecule has 13 heavy (non-hydrogen) atoms. The lowest BCUT2D eigenvalue weighted by Gasteiger charge is -2.17. The number of carbonyl (C=O) groups is 1. The highest BCUT2D eigenvalue weighted by Gasteiger charge is 2.30. The van der Waals surface area contributed by atoms with E-state index in [1.165, 1.54) is 6.92 Å². The number of rotatable bonds is 5. The summed E-state index contributed by atoms with van der Waals surface area (Å²) in [6, 6.07) is 0. The topological polar surface area (TPSA) is 104 Å². The molecule has 1 unspecified atom stereocenters. The molecule has 78 valence electrons. The van der Waals surface area contributed by atoms with E-state index in [0.29, 0.717) is 0 Å². The van der Waals surface area contributed by atoms with Crippen LogP contribution in [0.5, 0.6) is 0 Å². The van der Waals surface area contributed by atoms with Crippen LogP contribution < -0.4 is 4.72 Å². The number of hydrogen-bond donors (Lipinski definition) is 3. The van der Waals surface area contributed by atoms with E-state index in [1.807, 2.05) is 4.72 Å². The summed E-state index contributed by atoms with van der Waals surface area (Å²) >= 11 is 0. The molecule has 0 fully saturated rings. The van der Waals surface area contributed by atoms with Gasteiger partial charge in [0.05, 0.1) is 5.75 Å². The van der Waals surface area contributed by atoms with Gasteiger partial charge in [-0.1, -0.05) is 0 Å². The molecule has 0 amide bonds. The third-order valence-corrected chi connectivity index (χ3v) is 2.82. The van der Waals surface area contributed by atoms with Crippen LogP contribution in [-0.4, -0.2) is 42.5 Å². The summed E-state index contributed by atoms with van der Waals surface area (Å²) in [7, 11) is -3.46. The van der Waals surface area contributed by atoms with Gasteiger partial charge in [-0.3, -0.25) is 0 Å². The molecule has 3 N–H and O–H groups in total. The van der Waals surface area contributed by atoms with Gasteiger partial charge in [-0.2, -0.15) is 0 Å². The molecule has 7 heteroatoms. The lowest BCUT2D eigenvalue weighted by Crippen LogP contribution is -2.46. The Hall–Kier alpha value is -0.660. The average molecular weight is 211 g/mol. The minimum atomic E-state index is -3.46. The Morgan fingerprint density at radius 1 is 1.54 bits per heavy atom. The molecule has 0 aromatic heterocycles. The molecule has 0 bridgehead atoms. The van der Waals surface area contributed by atoms with Gasteiger partial charge in [-0.05, 0) is 13.8 Å². The second-order valence-corrected chi connectivity index (χ2v) is 4.90. The van der Waals surface area contributed by atoms with E-state index in [2.05, 4.69) is 0 Å². The minimum Gasteiger partial charge on any atom is -0.479 e. The van der Waals surface area contributed by atoms with Crippen molar-refractivity contribution in [3.8, 4) is 0 Å². The van der Waals surface area contributed by atoms with Crippen LogP contribution in [0.25, 0.3) is 0 Å². The number of aliphatic carboxylic acids is 1. The van der Waals surface area contributed by atoms with Gasteiger partial charge in [-0.15, -0.1) is 0 Å². The van der Waals surface area contributed by atoms with Crippen LogP contribution in [0.4, 0.5) is 0 Å². The number of carboxylic acid groups (broad SMARTS) is 1. The molecule has 0 heterocycles. The van der Waals surface area contributed by atoms with Crippen LogP contribution in [-0.2, 0) is 14.8 Å². The van der Waals surface area contributed by atoms with Crippen LogP contribution in [0.1, 0.15) is 13.8 Å². The highest BCUT2D eigenvalue weighted by atomic mass is 32.2. The SMILES string of the molecule is CCS(=O)(=O)NCC(C)(O)C(=O)O. The molecule has 0 rings (SSSR count). The van der Waals surface area contributed by atoms with E-state index in [1.54, 1.807) is 0 Å². The van der Waals surface area contributed by atoms with Gasteiger partial charge < -0.3 is 10.2 Å². The van der Waals surface area contributed by atoms with E-state index in [4.69, 9.17) is 10.2 Å². The minimum absolute atomic E-state index is 0.150. The lowest BCUT2D eigenvalue weighted by molar-refractivity contribution is -0.155. The summed E-state index contributed by atoms with van der Waals surface area (Å²) in [5.74, 6) is -1.62. The number of sulfonamides is 1. The predicted octanol–water partition coefficient (Wildman–Crippen LogP) is -1.24. The van der Waals surface area contributed by atoms with Gasteiger partial charge in [-0.25, -0.2) is 17.9 Å². The van der Waals surface area contributed by atoms with Crippen LogP contribution in [0.15, 0.2) is 0 Å². The van der Waals surface area contributed by atoms with Crippen molar-refractivity contribution in [1.82, 2.24) is 4.72 Å². The smallest absolute Gasteiger partial charge is 0.336 e. The van der Waals surface area contributed by atoms with E-state index < -0.39 is 28.1 Å². The number of hydrogen-bond acceptors (Lipinski definition) is 4. The van der Waals surface area contributed by atoms with Gasteiger partial charge in [0.1, 0.15) is 0 Å². The van der Waals surface area contributed by atoms with E-state index in [9.17, 15) is 13.2 Å². The Morgan fingerprint density at radius 3 is 2.31 bits per heavy atom. The zero-order valence-corrected chi connectivity index (χ0v) is 8.26. The van der Waals surface area contributed by atoms with Crippen molar-refractivity contribution in [3.63, 3.8) is 0 Å². The maximum atomic E-state index is 10.9. The zero-order valence-electron chi connectivity index (χ0n) is 7.44. The summed E-state index contributed by atoms with van der Waals surface area (Å²) in [5.41, 5.74) is -2.07. The van der Waals surface area contributed by atoms with E-state index in [0.717, 1.165) is 6.92 Å². The van der Waals surface area contributed by atoms with Gasteiger partial charge in [0.2, 0.25) is 10.0 Å². The van der Waals surface area contributed by atoms with Crippen molar-refractivity contribution >= 4 is 16.0 Å². The van der Waals surface area contributed by atoms with E-state index >= 15 is 0 Å². The van der Waals surface area contributed by atoms with Gasteiger partial charge in [0.25, 0.3) is 0 Å². The van der Waals surface area contributed by atoms with Gasteiger partial charge >= 0.3 is 5.97 Å². The molecule has 1 atom stereocenters. The fourth-order valence-corrected chi connectivity index (χ4v) is 1.13. The third-order valence-electron chi connectivity index (χ3n) is 1.48. The Balaban J connectivity index is 4.26. The summed E-state index contributed by atoms with van der Waals surface area (Å²) < 4.78 is 23.7. The van der Waals surface area contributed by atoms with E-state index in [-0.39, 0.29) is 5.75 Å². The predicted molar refractivity (Wildman–Crippen MR) is 45.7 cm³/mol. The molecule has 0 aliphatic heterocycles. The molecule has 0 aliphatic carbocycles. The number of nitrogens with one attached hydrogen (secondary N) is 1. The lowest BCUT2D eigenvalue weighted by atomic mass is 10.1. The molecule has 0 aliphatic rings. The first-order chi connectivity index (χ1) is 5.71. The largest absolute Gasteiger partial charge is 0.479 e. The Kier molecular flexibility index (Phi) is 3.83. The molecular formula is C6H13NO5S. The van der Waals surface area contributed by atoms with Crippen LogP contribution in [0.2, 0.25) is 0 Å². The molecule has 0 aromatic carbocycles. The maximum Gasteiger partial charge on any atom is 0.336 e. The van der Waals surface area contributed by atoms with Crippen molar-refractivity contribution in [2.24, 2.45) is 0 Å². The van der Waals surface area contributed by atoms with Crippen molar-refractivity contribution in [1.29, 1.82) is 0 Å². The second kappa shape index (κ2) is 4.03. The first-order valence-corrected chi connectivity index (χ1v) is 5.29. The first-order valence-electron chi connectivity index (χ1n) is 3.64. The number of carboxylic acids is 1. The van der Waals surface area contributed by atoms with Crippen LogP contribution in [0.3, 0.4) is 0 Å². The van der Waals surface area contributed by atoms with Gasteiger partial charge in [0.15, 0.2) is 5.60 Å². The quantitative estimate of drug-likeness (QED) is 0.527. The van der Waals surface area contributed by atoms with Gasteiger partial charge in [0, 0.05) is 6.54 Å². The van der Waals surface area contributed by atoms with Crippen molar-refractivity contribution in [2.75, 3.05) is 12.3 Å². The zero-order chi connectivity index (χ0) is 10.7. The average Bonchev–Trinajstić information content (AvgIpc) is 2.01. The summed E-state index contributed by atoms with van der Waals surface area (Å²) in [4.78, 5) is 10.3. The Bertz CT molecular complexity index is 281. The summed E-state index contributed by atoms with van der Waals surface area (Å²) in [5, 5.41) is 17.6. The monoisotopic (exact) mass is 211 g/mol. The summed E-state index contributed by atoms with van der Waals surface area (Å²) in [6.07, 6.45) is 0. The number of aliphatic hydroxyl groups is 1. The Labute approximate surface area is 76.6 Å². The highest BCUT2D eigenvalue weighted by Crippen LogP contribution is 2.01. The molecule has 0 spiro atoms. The molecule has 0 saturated carbocycles. The normalized spacial score (nSPS) is 16.5. The standard InChI is InChI=1S/C6H13NO5S/c1-3-13(11,12)7-4-6(2,10)5(8)9/h7,10H,3-4H2,1-2H3,(H,8,9). The first kappa shape index (κ1) is 12.3. The molecule has 0 aromatic rings. The van der Waals surface area contributed by atoms with Crippen molar-refractivity contribution in [3.05, 3.63) is 0 Å². The Morgan fingerprint density at radius 2 is 2.00 bits per heavy atom. The fraction of sp³-hybridized carbons (Fsp3) is 0.833. The molecular weight excluding hydrogens is 198 g/mol. The van der Waals surface area contributed by atoms with Crippen LogP contribution >= 0.6 is 0 Å². The summed E-state index contributed by atoms with van der Waals surface area (Å²) in [6.45, 7) is 1.91. The van der Waals surface area contributed by atoms with Crippen molar-refractivity contribution in [2.45, 2.75) is 19.4 Å². The van der Waals surface area contributed by atoms with Crippen LogP contribution in [0, 0.1) is 0 Å². The molecule has 6 nitrogen and oxygen atoms in total. The maximum absolute atomic E-state index is 10.9. The fourth-order valence-electron chi connectivity index (χ4n) is 0.428. The van der Waals surface area contributed by atoms with Crippen molar-refractivity contribution < 1.29 is 23.4 Å².